The van der Waals surface area contributed by atoms with Gasteiger partial charge in [0.15, 0.2) is 0 Å². The van der Waals surface area contributed by atoms with Crippen LogP contribution in [0.3, 0.4) is 0 Å². The molecule has 92 valence electrons. The molecule has 0 aromatic heterocycles. The van der Waals surface area contributed by atoms with Crippen molar-refractivity contribution in [3.63, 3.8) is 0 Å². The van der Waals surface area contributed by atoms with Gasteiger partial charge in [0.2, 0.25) is 0 Å². The minimum atomic E-state index is 0.603. The second kappa shape index (κ2) is 5.30. The van der Waals surface area contributed by atoms with Crippen LogP contribution in [0.1, 0.15) is 51.2 Å². The van der Waals surface area contributed by atoms with E-state index in [-0.39, 0.29) is 0 Å². The van der Waals surface area contributed by atoms with Gasteiger partial charge in [-0.25, -0.2) is 0 Å². The highest BCUT2D eigenvalue weighted by Crippen LogP contribution is 2.40. The molecule has 0 aliphatic carbocycles. The van der Waals surface area contributed by atoms with E-state index in [4.69, 9.17) is 0 Å². The molecule has 0 nitrogen and oxygen atoms in total. The van der Waals surface area contributed by atoms with Gasteiger partial charge in [0.1, 0.15) is 0 Å². The highest BCUT2D eigenvalue weighted by Gasteiger charge is 2.19. The number of rotatable bonds is 2. The molecule has 0 saturated heterocycles. The first kappa shape index (κ1) is 12.8. The summed E-state index contributed by atoms with van der Waals surface area (Å²) in [7, 11) is 0. The minimum Gasteiger partial charge on any atom is -0.125 e. The van der Waals surface area contributed by atoms with Crippen LogP contribution in [0.4, 0.5) is 0 Å². The van der Waals surface area contributed by atoms with Crippen molar-refractivity contribution in [2.24, 2.45) is 5.92 Å². The summed E-state index contributed by atoms with van der Waals surface area (Å²) in [5.41, 5.74) is 4.59. The molecule has 1 heteroatoms. The molecule has 1 aromatic rings. The van der Waals surface area contributed by atoms with Crippen LogP contribution >= 0.6 is 11.8 Å². The van der Waals surface area contributed by atoms with Crippen molar-refractivity contribution in [1.29, 1.82) is 0 Å². The summed E-state index contributed by atoms with van der Waals surface area (Å²) in [6.07, 6.45) is 3.65. The van der Waals surface area contributed by atoms with Gasteiger partial charge in [0.05, 0.1) is 0 Å². The van der Waals surface area contributed by atoms with E-state index in [2.05, 4.69) is 52.0 Å². The fourth-order valence-electron chi connectivity index (χ4n) is 2.47. The first-order valence-electron chi connectivity index (χ1n) is 6.57. The van der Waals surface area contributed by atoms with Gasteiger partial charge in [-0.05, 0) is 41.0 Å². The predicted molar refractivity (Wildman–Crippen MR) is 78.7 cm³/mol. The van der Waals surface area contributed by atoms with Gasteiger partial charge in [-0.15, -0.1) is 11.8 Å². The predicted octanol–water partition coefficient (Wildman–Crippen LogP) is 5.35. The van der Waals surface area contributed by atoms with Gasteiger partial charge in [-0.2, -0.15) is 0 Å². The maximum Gasteiger partial charge on any atom is 0.0150 e. The Morgan fingerprint density at radius 2 is 1.82 bits per heavy atom. The lowest BCUT2D eigenvalue weighted by atomic mass is 9.87. The molecule has 1 aliphatic rings. The topological polar surface area (TPSA) is 0 Å². The van der Waals surface area contributed by atoms with E-state index in [9.17, 15) is 0 Å². The maximum atomic E-state index is 2.45. The standard InChI is InChI=1S/C16H22S/c1-11(2)13-7-5-9-15-16(13)14(12(3)4)8-6-10-17-15/h5,7-9,11-12H,6,10H2,1-4H3. The van der Waals surface area contributed by atoms with Crippen LogP contribution in [0, 0.1) is 5.92 Å². The zero-order valence-corrected chi connectivity index (χ0v) is 12.1. The smallest absolute Gasteiger partial charge is 0.0150 e. The van der Waals surface area contributed by atoms with E-state index in [1.165, 1.54) is 28.2 Å². The third kappa shape index (κ3) is 2.60. The molecule has 0 N–H and O–H groups in total. The van der Waals surface area contributed by atoms with E-state index in [1.807, 2.05) is 11.8 Å². The van der Waals surface area contributed by atoms with Crippen molar-refractivity contribution in [3.8, 4) is 0 Å². The number of fused-ring (bicyclic) bond motifs is 1. The van der Waals surface area contributed by atoms with Gasteiger partial charge in [-0.1, -0.05) is 45.9 Å². The molecule has 17 heavy (non-hydrogen) atoms. The van der Waals surface area contributed by atoms with Crippen LogP contribution in [-0.4, -0.2) is 5.75 Å². The van der Waals surface area contributed by atoms with Crippen LogP contribution in [0.5, 0.6) is 0 Å². The van der Waals surface area contributed by atoms with E-state index in [1.54, 1.807) is 5.57 Å². The lowest BCUT2D eigenvalue weighted by molar-refractivity contribution is 0.821. The summed E-state index contributed by atoms with van der Waals surface area (Å²) in [6, 6.07) is 6.80. The summed E-state index contributed by atoms with van der Waals surface area (Å²) in [5, 5.41) is 0. The number of allylic oxidation sites excluding steroid dienone is 2. The highest BCUT2D eigenvalue weighted by molar-refractivity contribution is 7.99. The molecule has 0 amide bonds. The van der Waals surface area contributed by atoms with Crippen molar-refractivity contribution in [1.82, 2.24) is 0 Å². The van der Waals surface area contributed by atoms with Crippen molar-refractivity contribution >= 4 is 17.3 Å². The fraction of sp³-hybridized carbons (Fsp3) is 0.500. The van der Waals surface area contributed by atoms with E-state index in [0.29, 0.717) is 11.8 Å². The lowest BCUT2D eigenvalue weighted by Crippen LogP contribution is -2.01. The fourth-order valence-corrected chi connectivity index (χ4v) is 3.48. The van der Waals surface area contributed by atoms with Gasteiger partial charge in [0.25, 0.3) is 0 Å². The van der Waals surface area contributed by atoms with Crippen molar-refractivity contribution in [3.05, 3.63) is 35.4 Å². The van der Waals surface area contributed by atoms with Gasteiger partial charge in [0, 0.05) is 10.6 Å². The normalized spacial score (nSPS) is 15.8. The third-order valence-electron chi connectivity index (χ3n) is 3.33. The summed E-state index contributed by atoms with van der Waals surface area (Å²) < 4.78 is 0. The van der Waals surface area contributed by atoms with Crippen molar-refractivity contribution in [2.75, 3.05) is 5.75 Å². The highest BCUT2D eigenvalue weighted by atomic mass is 32.2. The van der Waals surface area contributed by atoms with Crippen molar-refractivity contribution in [2.45, 2.75) is 44.9 Å². The third-order valence-corrected chi connectivity index (χ3v) is 4.42. The Labute approximate surface area is 110 Å². The molecule has 0 saturated carbocycles. The maximum absolute atomic E-state index is 2.45. The molecule has 0 radical (unpaired) electrons. The number of thioether (sulfide) groups is 1. The molecule has 0 bridgehead atoms. The van der Waals surface area contributed by atoms with E-state index < -0.39 is 0 Å². The first-order valence-corrected chi connectivity index (χ1v) is 7.56. The molecule has 1 aliphatic heterocycles. The van der Waals surface area contributed by atoms with Crippen molar-refractivity contribution < 1.29 is 0 Å². The Bertz CT molecular complexity index is 427. The van der Waals surface area contributed by atoms with E-state index in [0.717, 1.165) is 0 Å². The summed E-state index contributed by atoms with van der Waals surface area (Å²) in [6.45, 7) is 9.21. The zero-order chi connectivity index (χ0) is 12.4. The molecule has 2 rings (SSSR count). The van der Waals surface area contributed by atoms with Crippen LogP contribution < -0.4 is 0 Å². The molecule has 0 unspecified atom stereocenters. The molecular weight excluding hydrogens is 224 g/mol. The van der Waals surface area contributed by atoms with Gasteiger partial charge >= 0.3 is 0 Å². The minimum absolute atomic E-state index is 0.603. The Morgan fingerprint density at radius 3 is 2.47 bits per heavy atom. The number of hydrogen-bond donors (Lipinski definition) is 0. The zero-order valence-electron chi connectivity index (χ0n) is 11.3. The summed E-state index contributed by atoms with van der Waals surface area (Å²) >= 11 is 2.01. The quantitative estimate of drug-likeness (QED) is 0.678. The Kier molecular flexibility index (Phi) is 3.98. The Balaban J connectivity index is 2.61. The van der Waals surface area contributed by atoms with Crippen LogP contribution in [-0.2, 0) is 0 Å². The molecule has 0 spiro atoms. The lowest BCUT2D eigenvalue weighted by Gasteiger charge is -2.20. The Hall–Kier alpha value is -0.690. The second-order valence-electron chi connectivity index (χ2n) is 5.33. The Morgan fingerprint density at radius 1 is 1.06 bits per heavy atom. The van der Waals surface area contributed by atoms with Gasteiger partial charge in [-0.3, -0.25) is 0 Å². The first-order chi connectivity index (χ1) is 8.11. The van der Waals surface area contributed by atoms with Crippen LogP contribution in [0.15, 0.2) is 29.2 Å². The number of benzene rings is 1. The molecule has 1 heterocycles. The average molecular weight is 246 g/mol. The molecule has 1 aromatic carbocycles. The molecule has 0 fully saturated rings. The molecule has 0 atom stereocenters. The van der Waals surface area contributed by atoms with Crippen LogP contribution in [0.25, 0.3) is 5.57 Å². The van der Waals surface area contributed by atoms with Crippen LogP contribution in [0.2, 0.25) is 0 Å². The van der Waals surface area contributed by atoms with Gasteiger partial charge < -0.3 is 0 Å². The largest absolute Gasteiger partial charge is 0.125 e. The SMILES string of the molecule is CC(C)C1=CCCSc2cccc(C(C)C)c21. The van der Waals surface area contributed by atoms with E-state index >= 15 is 0 Å². The number of hydrogen-bond acceptors (Lipinski definition) is 1. The average Bonchev–Trinajstić information content (AvgIpc) is 2.50. The monoisotopic (exact) mass is 246 g/mol. The summed E-state index contributed by atoms with van der Waals surface area (Å²) in [4.78, 5) is 1.48. The summed E-state index contributed by atoms with van der Waals surface area (Å²) in [5.74, 6) is 2.43. The second-order valence-corrected chi connectivity index (χ2v) is 6.46. The molecular formula is C16H22S.